The normalized spacial score (nSPS) is 29.9. The van der Waals surface area contributed by atoms with Crippen molar-refractivity contribution >= 4 is 29.1 Å². The quantitative estimate of drug-likeness (QED) is 0.542. The van der Waals surface area contributed by atoms with E-state index in [1.54, 1.807) is 18.2 Å². The Labute approximate surface area is 187 Å². The van der Waals surface area contributed by atoms with Crippen LogP contribution >= 0.6 is 11.8 Å². The first-order chi connectivity index (χ1) is 14.9. The maximum atomic E-state index is 13.5. The Balaban J connectivity index is 2.05. The predicted molar refractivity (Wildman–Crippen MR) is 113 cm³/mol. The fourth-order valence-corrected chi connectivity index (χ4v) is 5.38. The topological polar surface area (TPSA) is 134 Å². The molecule has 1 aromatic heterocycles. The molecule has 0 spiro atoms. The number of carbonyl (C=O) groups excluding carboxylic acids is 3. The predicted octanol–water partition coefficient (Wildman–Crippen LogP) is 1.30. The minimum Gasteiger partial charge on any atom is -0.476 e. The molecule has 8 nitrogen and oxygen atoms in total. The van der Waals surface area contributed by atoms with Gasteiger partial charge in [0.05, 0.1) is 0 Å². The number of ether oxygens (including phenoxy) is 1. The molecule has 3 N–H and O–H groups in total. The van der Waals surface area contributed by atoms with Gasteiger partial charge in [0.25, 0.3) is 0 Å². The molecule has 1 aliphatic rings. The van der Waals surface area contributed by atoms with E-state index >= 15 is 0 Å². The van der Waals surface area contributed by atoms with Crippen LogP contribution in [0.5, 0.6) is 5.75 Å². The number of nitrogens with zero attached hydrogens (tertiary/aromatic N) is 1. The number of benzene rings is 1. The second-order valence-corrected chi connectivity index (χ2v) is 8.71. The fourth-order valence-electron chi connectivity index (χ4n) is 3.82. The summed E-state index contributed by atoms with van der Waals surface area (Å²) in [6.07, 6.45) is 1.29. The SMILES string of the molecule is CC(=O)[C@]1(O)[C@@](O)(C(C)=O)CS[C@H](Oc2cccc(-c3ccnc(F)c3)c2)[C@@]1(O)C(C)=O. The zero-order chi connectivity index (χ0) is 23.9. The van der Waals surface area contributed by atoms with E-state index in [0.29, 0.717) is 22.9 Å². The van der Waals surface area contributed by atoms with Gasteiger partial charge in [-0.2, -0.15) is 4.39 Å². The van der Waals surface area contributed by atoms with Crippen LogP contribution in [0.25, 0.3) is 11.1 Å². The molecule has 1 fully saturated rings. The summed E-state index contributed by atoms with van der Waals surface area (Å²) in [5.74, 6) is -4.27. The number of halogens is 1. The molecule has 0 radical (unpaired) electrons. The lowest BCUT2D eigenvalue weighted by molar-refractivity contribution is -0.235. The first-order valence-electron chi connectivity index (χ1n) is 9.58. The van der Waals surface area contributed by atoms with Gasteiger partial charge in [0.15, 0.2) is 34.0 Å². The monoisotopic (exact) mass is 463 g/mol. The van der Waals surface area contributed by atoms with E-state index in [0.717, 1.165) is 20.8 Å². The zero-order valence-corrected chi connectivity index (χ0v) is 18.4. The maximum Gasteiger partial charge on any atom is 0.213 e. The summed E-state index contributed by atoms with van der Waals surface area (Å²) in [4.78, 5) is 40.7. The molecule has 170 valence electrons. The third-order valence-electron chi connectivity index (χ3n) is 5.70. The molecule has 1 aliphatic heterocycles. The Morgan fingerprint density at radius 3 is 2.25 bits per heavy atom. The number of carbonyl (C=O) groups is 3. The van der Waals surface area contributed by atoms with E-state index in [9.17, 15) is 34.1 Å². The van der Waals surface area contributed by atoms with Crippen molar-refractivity contribution in [2.45, 2.75) is 43.0 Å². The third-order valence-corrected chi connectivity index (χ3v) is 7.03. The van der Waals surface area contributed by atoms with Crippen molar-refractivity contribution in [2.24, 2.45) is 0 Å². The molecule has 4 atom stereocenters. The van der Waals surface area contributed by atoms with Crippen molar-refractivity contribution in [3.63, 3.8) is 0 Å². The summed E-state index contributed by atoms with van der Waals surface area (Å²) >= 11 is 0.706. The van der Waals surface area contributed by atoms with Gasteiger partial charge in [-0.3, -0.25) is 14.4 Å². The Hall–Kier alpha value is -2.66. The van der Waals surface area contributed by atoms with Gasteiger partial charge in [-0.05, 0) is 50.1 Å². The number of rotatable bonds is 6. The maximum absolute atomic E-state index is 13.5. The molecule has 10 heteroatoms. The summed E-state index contributed by atoms with van der Waals surface area (Å²) < 4.78 is 19.3. The number of aromatic nitrogens is 1. The second kappa shape index (κ2) is 8.36. The van der Waals surface area contributed by atoms with Gasteiger partial charge < -0.3 is 20.1 Å². The number of aliphatic hydroxyl groups is 3. The van der Waals surface area contributed by atoms with Crippen molar-refractivity contribution in [3.8, 4) is 16.9 Å². The standard InChI is InChI=1S/C22H22FNO7S/c1-12(25)20(28)11-32-19(21(29,13(2)26)22(20,30)14(3)27)31-17-6-4-5-15(9-17)16-7-8-24-18(23)10-16/h4-10,19,28-30H,11H2,1-3H3/t19-,20-,21-,22-/m0/s1. The number of pyridine rings is 1. The lowest BCUT2D eigenvalue weighted by Crippen LogP contribution is -2.82. The van der Waals surface area contributed by atoms with Crippen molar-refractivity contribution in [1.29, 1.82) is 0 Å². The largest absolute Gasteiger partial charge is 0.476 e. The molecule has 1 aromatic carbocycles. The Morgan fingerprint density at radius 2 is 1.69 bits per heavy atom. The first-order valence-corrected chi connectivity index (χ1v) is 10.6. The van der Waals surface area contributed by atoms with Gasteiger partial charge in [0, 0.05) is 18.0 Å². The summed E-state index contributed by atoms with van der Waals surface area (Å²) in [5, 5.41) is 33.4. The second-order valence-electron chi connectivity index (χ2n) is 7.66. The average molecular weight is 463 g/mol. The van der Waals surface area contributed by atoms with Gasteiger partial charge in [0.2, 0.25) is 11.5 Å². The number of thioether (sulfide) groups is 1. The highest BCUT2D eigenvalue weighted by Crippen LogP contribution is 2.49. The molecule has 0 aliphatic carbocycles. The molecule has 3 rings (SSSR count). The molecule has 32 heavy (non-hydrogen) atoms. The molecular weight excluding hydrogens is 441 g/mol. The third kappa shape index (κ3) is 3.53. The fraction of sp³-hybridized carbons (Fsp3) is 0.364. The number of ketones is 3. The Morgan fingerprint density at radius 1 is 1.03 bits per heavy atom. The zero-order valence-electron chi connectivity index (χ0n) is 17.5. The van der Waals surface area contributed by atoms with E-state index in [-0.39, 0.29) is 5.75 Å². The van der Waals surface area contributed by atoms with Crippen LogP contribution < -0.4 is 4.74 Å². The Kier molecular flexibility index (Phi) is 6.27. The van der Waals surface area contributed by atoms with Crippen molar-refractivity contribution in [1.82, 2.24) is 4.98 Å². The molecule has 2 aromatic rings. The molecular formula is C22H22FNO7S. The van der Waals surface area contributed by atoms with Crippen LogP contribution in [-0.2, 0) is 14.4 Å². The van der Waals surface area contributed by atoms with Gasteiger partial charge in [-0.15, -0.1) is 11.8 Å². The highest BCUT2D eigenvalue weighted by molar-refractivity contribution is 8.00. The Bertz CT molecular complexity index is 1100. The van der Waals surface area contributed by atoms with Crippen LogP contribution in [0.2, 0.25) is 0 Å². The summed E-state index contributed by atoms with van der Waals surface area (Å²) in [6.45, 7) is 2.74. The van der Waals surface area contributed by atoms with Gasteiger partial charge in [-0.25, -0.2) is 4.98 Å². The van der Waals surface area contributed by atoms with E-state index in [1.165, 1.54) is 24.4 Å². The van der Waals surface area contributed by atoms with Crippen molar-refractivity contribution in [3.05, 3.63) is 48.5 Å². The van der Waals surface area contributed by atoms with Crippen LogP contribution in [0.3, 0.4) is 0 Å². The van der Waals surface area contributed by atoms with E-state index < -0.39 is 51.3 Å². The van der Waals surface area contributed by atoms with Crippen LogP contribution in [0.15, 0.2) is 42.6 Å². The van der Waals surface area contributed by atoms with Crippen LogP contribution in [0, 0.1) is 5.95 Å². The van der Waals surface area contributed by atoms with E-state index in [1.807, 2.05) is 0 Å². The minimum atomic E-state index is -3.14. The van der Waals surface area contributed by atoms with Gasteiger partial charge >= 0.3 is 0 Å². The van der Waals surface area contributed by atoms with Crippen LogP contribution in [0.4, 0.5) is 4.39 Å². The molecule has 0 bridgehead atoms. The van der Waals surface area contributed by atoms with Crippen LogP contribution in [0.1, 0.15) is 20.8 Å². The molecule has 2 heterocycles. The molecule has 0 unspecified atom stereocenters. The summed E-state index contributed by atoms with van der Waals surface area (Å²) in [6, 6.07) is 9.06. The van der Waals surface area contributed by atoms with Gasteiger partial charge in [-0.1, -0.05) is 12.1 Å². The van der Waals surface area contributed by atoms with Crippen molar-refractivity contribution in [2.75, 3.05) is 5.75 Å². The number of Topliss-reactive ketones (excluding diaryl/α,β-unsaturated/α-hetero) is 3. The lowest BCUT2D eigenvalue weighted by atomic mass is 9.65. The average Bonchev–Trinajstić information content (AvgIpc) is 2.74. The summed E-state index contributed by atoms with van der Waals surface area (Å²) in [5.41, 5.74) is -9.30. The molecule has 1 saturated heterocycles. The van der Waals surface area contributed by atoms with Crippen molar-refractivity contribution < 1.29 is 38.8 Å². The van der Waals surface area contributed by atoms with Crippen LogP contribution in [-0.4, -0.2) is 65.6 Å². The van der Waals surface area contributed by atoms with Gasteiger partial charge in [0.1, 0.15) is 5.75 Å². The van der Waals surface area contributed by atoms with E-state index in [4.69, 9.17) is 4.74 Å². The minimum absolute atomic E-state index is 0.135. The molecule has 0 saturated carbocycles. The smallest absolute Gasteiger partial charge is 0.213 e. The highest BCUT2D eigenvalue weighted by atomic mass is 32.2. The highest BCUT2D eigenvalue weighted by Gasteiger charge is 2.75. The molecule has 0 amide bonds. The van der Waals surface area contributed by atoms with E-state index in [2.05, 4.69) is 4.98 Å². The number of hydrogen-bond donors (Lipinski definition) is 3. The first kappa shape index (κ1) is 24.0. The lowest BCUT2D eigenvalue weighted by Gasteiger charge is -2.54. The summed E-state index contributed by atoms with van der Waals surface area (Å²) in [7, 11) is 0. The number of hydrogen-bond acceptors (Lipinski definition) is 9.